The van der Waals surface area contributed by atoms with Gasteiger partial charge in [0.1, 0.15) is 5.52 Å². The molecule has 20 heavy (non-hydrogen) atoms. The summed E-state index contributed by atoms with van der Waals surface area (Å²) in [7, 11) is 0. The molecule has 0 aliphatic heterocycles. The number of thiazole rings is 1. The number of rotatable bonds is 3. The van der Waals surface area contributed by atoms with Crippen LogP contribution in [0.3, 0.4) is 0 Å². The minimum atomic E-state index is -0.000812. The summed E-state index contributed by atoms with van der Waals surface area (Å²) in [5.74, 6) is 0.497. The lowest BCUT2D eigenvalue weighted by Crippen LogP contribution is -2.22. The van der Waals surface area contributed by atoms with Crippen molar-refractivity contribution in [3.63, 3.8) is 0 Å². The molecule has 6 heteroatoms. The molecular weight excluding hydrogens is 270 g/mol. The quantitative estimate of drug-likeness (QED) is 0.572. The minimum Gasteiger partial charge on any atom is -0.370 e. The Morgan fingerprint density at radius 3 is 2.80 bits per heavy atom. The second-order valence-electron chi connectivity index (χ2n) is 4.52. The summed E-state index contributed by atoms with van der Waals surface area (Å²) in [4.78, 5) is 13.3. The molecule has 2 aromatic heterocycles. The number of aliphatic imine (C=N–C) groups is 1. The summed E-state index contributed by atoms with van der Waals surface area (Å²) < 4.78 is 1.10. The molecule has 1 aromatic carbocycles. The number of aromatic nitrogens is 2. The monoisotopic (exact) mass is 285 g/mol. The van der Waals surface area contributed by atoms with Crippen LogP contribution >= 0.6 is 11.3 Å². The van der Waals surface area contributed by atoms with E-state index in [4.69, 9.17) is 11.5 Å². The number of aryl methyl sites for hydroxylation is 1. The van der Waals surface area contributed by atoms with Crippen molar-refractivity contribution in [1.29, 1.82) is 0 Å². The number of hydrogen-bond acceptors (Lipinski definition) is 4. The van der Waals surface area contributed by atoms with Crippen LogP contribution in [0, 0.1) is 0 Å². The van der Waals surface area contributed by atoms with Gasteiger partial charge in [-0.2, -0.15) is 4.99 Å². The van der Waals surface area contributed by atoms with E-state index in [1.807, 2.05) is 18.2 Å². The number of guanidine groups is 1. The number of hydrogen-bond donors (Lipinski definition) is 2. The molecule has 0 aliphatic rings. The largest absolute Gasteiger partial charge is 0.370 e. The molecule has 0 saturated heterocycles. The van der Waals surface area contributed by atoms with Gasteiger partial charge in [0.25, 0.3) is 0 Å². The molecule has 0 amide bonds. The van der Waals surface area contributed by atoms with Gasteiger partial charge in [-0.05, 0) is 18.9 Å². The van der Waals surface area contributed by atoms with Crippen LogP contribution in [0.15, 0.2) is 29.3 Å². The van der Waals surface area contributed by atoms with Crippen LogP contribution in [0.1, 0.15) is 18.4 Å². The van der Waals surface area contributed by atoms with Crippen LogP contribution in [0.5, 0.6) is 0 Å². The Hall–Kier alpha value is -2.21. The van der Waals surface area contributed by atoms with E-state index in [1.165, 1.54) is 0 Å². The summed E-state index contributed by atoms with van der Waals surface area (Å²) >= 11 is 1.69. The molecule has 2 heterocycles. The van der Waals surface area contributed by atoms with Crippen LogP contribution in [0.4, 0.5) is 5.82 Å². The number of fused-ring (bicyclic) bond motifs is 3. The third kappa shape index (κ3) is 2.18. The zero-order chi connectivity index (χ0) is 14.1. The number of para-hydroxylation sites is 1. The number of nitrogens with zero attached hydrogens (tertiary/aromatic N) is 3. The molecule has 3 rings (SSSR count). The van der Waals surface area contributed by atoms with Gasteiger partial charge in [0, 0.05) is 5.39 Å². The van der Waals surface area contributed by atoms with E-state index in [0.717, 1.165) is 39.0 Å². The lowest BCUT2D eigenvalue weighted by Gasteiger charge is -2.01. The molecular formula is C14H15N5S. The van der Waals surface area contributed by atoms with Gasteiger partial charge >= 0.3 is 0 Å². The molecule has 0 bridgehead atoms. The summed E-state index contributed by atoms with van der Waals surface area (Å²) in [6, 6.07) is 7.97. The summed E-state index contributed by atoms with van der Waals surface area (Å²) in [6.07, 6.45) is 2.01. The topological polar surface area (TPSA) is 90.2 Å². The maximum Gasteiger partial charge on any atom is 0.192 e. The van der Waals surface area contributed by atoms with Gasteiger partial charge in [0.15, 0.2) is 11.8 Å². The number of pyridine rings is 1. The fourth-order valence-corrected chi connectivity index (χ4v) is 3.34. The zero-order valence-electron chi connectivity index (χ0n) is 11.1. The van der Waals surface area contributed by atoms with Crippen LogP contribution < -0.4 is 11.5 Å². The Labute approximate surface area is 120 Å². The number of benzene rings is 1. The molecule has 0 spiro atoms. The second-order valence-corrected chi connectivity index (χ2v) is 5.61. The van der Waals surface area contributed by atoms with E-state index in [2.05, 4.69) is 28.0 Å². The van der Waals surface area contributed by atoms with Gasteiger partial charge in [0.2, 0.25) is 0 Å². The first-order chi connectivity index (χ1) is 9.69. The van der Waals surface area contributed by atoms with Crippen LogP contribution in [-0.2, 0) is 6.42 Å². The Morgan fingerprint density at radius 2 is 2.05 bits per heavy atom. The normalized spacial score (nSPS) is 11.1. The van der Waals surface area contributed by atoms with Gasteiger partial charge in [-0.1, -0.05) is 25.1 Å². The SMILES string of the molecule is CCCc1nc2c(N=C(N)N)nc3ccccc3c2s1. The van der Waals surface area contributed by atoms with Crippen molar-refractivity contribution in [2.75, 3.05) is 0 Å². The molecule has 4 N–H and O–H groups in total. The molecule has 5 nitrogen and oxygen atoms in total. The highest BCUT2D eigenvalue weighted by Crippen LogP contribution is 2.35. The smallest absolute Gasteiger partial charge is 0.192 e. The van der Waals surface area contributed by atoms with Gasteiger partial charge < -0.3 is 11.5 Å². The van der Waals surface area contributed by atoms with E-state index in [9.17, 15) is 0 Å². The Balaban J connectivity index is 2.37. The third-order valence-electron chi connectivity index (χ3n) is 2.96. The Kier molecular flexibility index (Phi) is 3.23. The van der Waals surface area contributed by atoms with E-state index in [-0.39, 0.29) is 5.96 Å². The summed E-state index contributed by atoms with van der Waals surface area (Å²) in [5.41, 5.74) is 12.6. The van der Waals surface area contributed by atoms with E-state index in [0.29, 0.717) is 5.82 Å². The summed E-state index contributed by atoms with van der Waals surface area (Å²) in [5, 5.41) is 2.18. The Bertz CT molecular complexity index is 802. The molecule has 0 fully saturated rings. The van der Waals surface area contributed by atoms with E-state index in [1.54, 1.807) is 11.3 Å². The first-order valence-corrected chi connectivity index (χ1v) is 7.28. The van der Waals surface area contributed by atoms with Gasteiger partial charge in [0.05, 0.1) is 15.2 Å². The van der Waals surface area contributed by atoms with E-state index < -0.39 is 0 Å². The standard InChI is InChI=1S/C14H15N5S/c1-2-5-10-18-11-12(20-10)8-6-3-4-7-9(8)17-13(11)19-14(15)16/h3-4,6-7H,2,5H2,1H3,(H4,15,16,17,19). The fourth-order valence-electron chi connectivity index (χ4n) is 2.15. The van der Waals surface area contributed by atoms with Crippen LogP contribution in [0.2, 0.25) is 0 Å². The number of nitrogens with two attached hydrogens (primary N) is 2. The fraction of sp³-hybridized carbons (Fsp3) is 0.214. The minimum absolute atomic E-state index is 0.000812. The first-order valence-electron chi connectivity index (χ1n) is 6.47. The first kappa shape index (κ1) is 12.8. The lowest BCUT2D eigenvalue weighted by atomic mass is 10.2. The van der Waals surface area contributed by atoms with Gasteiger partial charge in [-0.15, -0.1) is 11.3 Å². The third-order valence-corrected chi connectivity index (χ3v) is 4.11. The second kappa shape index (κ2) is 5.05. The molecule has 0 atom stereocenters. The molecule has 0 unspecified atom stereocenters. The van der Waals surface area contributed by atoms with Crippen molar-refractivity contribution in [2.24, 2.45) is 16.5 Å². The zero-order valence-corrected chi connectivity index (χ0v) is 11.9. The highest BCUT2D eigenvalue weighted by atomic mass is 32.1. The van der Waals surface area contributed by atoms with Gasteiger partial charge in [-0.3, -0.25) is 0 Å². The average Bonchev–Trinajstić information content (AvgIpc) is 2.83. The van der Waals surface area contributed by atoms with Crippen molar-refractivity contribution in [3.8, 4) is 0 Å². The van der Waals surface area contributed by atoms with Crippen molar-refractivity contribution in [1.82, 2.24) is 9.97 Å². The highest BCUT2D eigenvalue weighted by molar-refractivity contribution is 7.19. The molecule has 0 aliphatic carbocycles. The summed E-state index contributed by atoms with van der Waals surface area (Å²) in [6.45, 7) is 2.14. The van der Waals surface area contributed by atoms with E-state index >= 15 is 0 Å². The van der Waals surface area contributed by atoms with Crippen molar-refractivity contribution >= 4 is 44.2 Å². The van der Waals surface area contributed by atoms with Crippen LogP contribution in [-0.4, -0.2) is 15.9 Å². The predicted molar refractivity (Wildman–Crippen MR) is 84.4 cm³/mol. The van der Waals surface area contributed by atoms with Crippen molar-refractivity contribution in [2.45, 2.75) is 19.8 Å². The van der Waals surface area contributed by atoms with Crippen molar-refractivity contribution < 1.29 is 0 Å². The molecule has 0 saturated carbocycles. The van der Waals surface area contributed by atoms with Crippen molar-refractivity contribution in [3.05, 3.63) is 29.3 Å². The molecule has 102 valence electrons. The maximum atomic E-state index is 5.49. The molecule has 3 aromatic rings. The maximum absolute atomic E-state index is 5.49. The lowest BCUT2D eigenvalue weighted by molar-refractivity contribution is 0.912. The average molecular weight is 285 g/mol. The predicted octanol–water partition coefficient (Wildman–Crippen LogP) is 2.70. The highest BCUT2D eigenvalue weighted by Gasteiger charge is 2.13. The Morgan fingerprint density at radius 1 is 1.25 bits per heavy atom. The van der Waals surface area contributed by atoms with Crippen LogP contribution in [0.25, 0.3) is 21.1 Å². The van der Waals surface area contributed by atoms with Gasteiger partial charge in [-0.25, -0.2) is 9.97 Å². The molecule has 0 radical (unpaired) electrons.